The highest BCUT2D eigenvalue weighted by Crippen LogP contribution is 2.58. The zero-order valence-corrected chi connectivity index (χ0v) is 18.8. The number of imide groups is 1. The van der Waals surface area contributed by atoms with Gasteiger partial charge < -0.3 is 4.74 Å². The van der Waals surface area contributed by atoms with E-state index in [2.05, 4.69) is 0 Å². The maximum Gasteiger partial charge on any atom is 0.241 e. The lowest BCUT2D eigenvalue weighted by atomic mass is 9.77. The highest BCUT2D eigenvalue weighted by molar-refractivity contribution is 6.39. The van der Waals surface area contributed by atoms with Crippen LogP contribution in [0.3, 0.4) is 0 Å². The lowest BCUT2D eigenvalue weighted by Gasteiger charge is -2.27. The number of para-hydroxylation sites is 1. The van der Waals surface area contributed by atoms with E-state index in [1.165, 1.54) is 0 Å². The Kier molecular flexibility index (Phi) is 4.43. The second kappa shape index (κ2) is 7.19. The molecule has 6 rings (SSSR count). The van der Waals surface area contributed by atoms with E-state index in [1.54, 1.807) is 60.7 Å². The third-order valence-corrected chi connectivity index (χ3v) is 7.34. The molecule has 0 saturated carbocycles. The number of benzene rings is 3. The molecule has 1 spiro atoms. The molecule has 0 aromatic heterocycles. The van der Waals surface area contributed by atoms with Crippen molar-refractivity contribution in [1.82, 2.24) is 0 Å². The topological polar surface area (TPSA) is 80.8 Å². The molecule has 3 aromatic carbocycles. The Labute approximate surface area is 200 Å². The van der Waals surface area contributed by atoms with Crippen LogP contribution in [0.5, 0.6) is 0 Å². The molecule has 0 bridgehead atoms. The summed E-state index contributed by atoms with van der Waals surface area (Å²) >= 11 is 6.33. The number of amides is 2. The lowest BCUT2D eigenvalue weighted by Crippen LogP contribution is -2.51. The Morgan fingerprint density at radius 3 is 2.00 bits per heavy atom. The van der Waals surface area contributed by atoms with E-state index in [-0.39, 0.29) is 21.8 Å². The number of fused-ring (bicyclic) bond motifs is 3. The molecule has 2 amide bonds. The third-order valence-electron chi connectivity index (χ3n) is 7.02. The summed E-state index contributed by atoms with van der Waals surface area (Å²) in [5, 5.41) is 0.221. The molecule has 2 aliphatic heterocycles. The lowest BCUT2D eigenvalue weighted by molar-refractivity contribution is -0.127. The first-order chi connectivity index (χ1) is 16.4. The fourth-order valence-corrected chi connectivity index (χ4v) is 5.66. The molecule has 7 heteroatoms. The number of rotatable bonds is 2. The van der Waals surface area contributed by atoms with Crippen LogP contribution in [0.2, 0.25) is 5.02 Å². The quantitative estimate of drug-likeness (QED) is 0.410. The van der Waals surface area contributed by atoms with Crippen molar-refractivity contribution in [1.29, 1.82) is 0 Å². The van der Waals surface area contributed by atoms with Gasteiger partial charge >= 0.3 is 0 Å². The van der Waals surface area contributed by atoms with Gasteiger partial charge in [-0.1, -0.05) is 77.8 Å². The van der Waals surface area contributed by atoms with Crippen LogP contribution >= 0.6 is 11.6 Å². The number of ether oxygens (including phenoxy) is 1. The zero-order valence-electron chi connectivity index (χ0n) is 18.0. The van der Waals surface area contributed by atoms with Gasteiger partial charge in [0, 0.05) is 11.1 Å². The van der Waals surface area contributed by atoms with Crippen LogP contribution in [0, 0.1) is 18.8 Å². The van der Waals surface area contributed by atoms with Crippen LogP contribution in [0.4, 0.5) is 5.69 Å². The minimum atomic E-state index is -2.09. The molecule has 0 unspecified atom stereocenters. The standard InChI is InChI=1S/C27H18ClNO5/c1-14-10-12-15(13-11-14)22-20-21(26(33)29(25(20)32)19-9-5-4-8-18(19)28)27(34-22)23(30)16-6-2-3-7-17(16)24(27)31/h2-13,20-22H,1H3/t20-,21-,22+/m0/s1. The van der Waals surface area contributed by atoms with Crippen LogP contribution in [-0.2, 0) is 14.3 Å². The highest BCUT2D eigenvalue weighted by atomic mass is 35.5. The van der Waals surface area contributed by atoms with Crippen molar-refractivity contribution in [2.45, 2.75) is 18.6 Å². The van der Waals surface area contributed by atoms with Crippen molar-refractivity contribution >= 4 is 40.7 Å². The first-order valence-electron chi connectivity index (χ1n) is 10.9. The number of halogens is 1. The summed E-state index contributed by atoms with van der Waals surface area (Å²) in [6.07, 6.45) is -0.947. The number of hydrogen-bond acceptors (Lipinski definition) is 5. The van der Waals surface area contributed by atoms with Gasteiger partial charge in [-0.2, -0.15) is 0 Å². The van der Waals surface area contributed by atoms with E-state index in [0.717, 1.165) is 10.5 Å². The number of carbonyl (C=O) groups excluding carboxylic acids is 4. The number of nitrogens with zero attached hydrogens (tertiary/aromatic N) is 1. The fraction of sp³-hybridized carbons (Fsp3) is 0.185. The second-order valence-corrected chi connectivity index (χ2v) is 9.26. The summed E-state index contributed by atoms with van der Waals surface area (Å²) in [5.41, 5.74) is 0.157. The van der Waals surface area contributed by atoms with Crippen LogP contribution in [0.15, 0.2) is 72.8 Å². The van der Waals surface area contributed by atoms with Crippen LogP contribution in [-0.4, -0.2) is 29.0 Å². The number of carbonyl (C=O) groups is 4. The monoisotopic (exact) mass is 471 g/mol. The Morgan fingerprint density at radius 2 is 1.38 bits per heavy atom. The van der Waals surface area contributed by atoms with Crippen LogP contribution in [0.1, 0.15) is 37.9 Å². The molecule has 2 saturated heterocycles. The minimum absolute atomic E-state index is 0.201. The predicted octanol–water partition coefficient (Wildman–Crippen LogP) is 4.34. The Morgan fingerprint density at radius 1 is 0.794 bits per heavy atom. The van der Waals surface area contributed by atoms with Crippen molar-refractivity contribution < 1.29 is 23.9 Å². The first-order valence-corrected chi connectivity index (χ1v) is 11.3. The summed E-state index contributed by atoms with van der Waals surface area (Å²) in [6.45, 7) is 1.92. The van der Waals surface area contributed by atoms with Gasteiger partial charge in [-0.25, -0.2) is 4.90 Å². The van der Waals surface area contributed by atoms with Gasteiger partial charge in [0.1, 0.15) is 0 Å². The molecule has 6 nitrogen and oxygen atoms in total. The van der Waals surface area contributed by atoms with Crippen molar-refractivity contribution in [3.8, 4) is 0 Å². The normalized spacial score (nSPS) is 24.8. The van der Waals surface area contributed by atoms with E-state index < -0.39 is 46.9 Å². The summed E-state index contributed by atoms with van der Waals surface area (Å²) in [4.78, 5) is 56.1. The van der Waals surface area contributed by atoms with Gasteiger partial charge in [-0.3, -0.25) is 19.2 Å². The van der Waals surface area contributed by atoms with E-state index in [0.29, 0.717) is 5.56 Å². The second-order valence-electron chi connectivity index (χ2n) is 8.86. The van der Waals surface area contributed by atoms with Gasteiger partial charge in [-0.05, 0) is 24.6 Å². The Bertz CT molecular complexity index is 1380. The third kappa shape index (κ3) is 2.55. The maximum atomic E-state index is 13.8. The van der Waals surface area contributed by atoms with Gasteiger partial charge in [-0.15, -0.1) is 0 Å². The van der Waals surface area contributed by atoms with Gasteiger partial charge in [0.15, 0.2) is 0 Å². The average molecular weight is 472 g/mol. The molecule has 3 atom stereocenters. The van der Waals surface area contributed by atoms with E-state index >= 15 is 0 Å². The Balaban J connectivity index is 1.56. The first kappa shape index (κ1) is 21.0. The van der Waals surface area contributed by atoms with Crippen LogP contribution < -0.4 is 4.90 Å². The fourth-order valence-electron chi connectivity index (χ4n) is 5.44. The molecular weight excluding hydrogens is 454 g/mol. The average Bonchev–Trinajstić information content (AvgIpc) is 3.40. The molecule has 3 aliphatic rings. The maximum absolute atomic E-state index is 13.8. The van der Waals surface area contributed by atoms with Gasteiger partial charge in [0.2, 0.25) is 29.0 Å². The van der Waals surface area contributed by atoms with Gasteiger partial charge in [0.05, 0.1) is 28.6 Å². The molecule has 2 heterocycles. The Hall–Kier alpha value is -3.61. The zero-order chi connectivity index (χ0) is 23.8. The number of anilines is 1. The summed E-state index contributed by atoms with van der Waals surface area (Å²) in [7, 11) is 0. The van der Waals surface area contributed by atoms with Crippen molar-refractivity contribution in [2.24, 2.45) is 11.8 Å². The SMILES string of the molecule is Cc1ccc([C@H]2OC3(C(=O)c4ccccc4C3=O)[C@@H]3C(=O)N(c4ccccc4Cl)C(=O)[C@H]23)cc1. The smallest absolute Gasteiger partial charge is 0.241 e. The van der Waals surface area contributed by atoms with Crippen molar-refractivity contribution in [2.75, 3.05) is 4.90 Å². The summed E-state index contributed by atoms with van der Waals surface area (Å²) < 4.78 is 6.26. The highest BCUT2D eigenvalue weighted by Gasteiger charge is 2.74. The molecule has 0 N–H and O–H groups in total. The molecule has 3 aromatic rings. The van der Waals surface area contributed by atoms with Crippen LogP contribution in [0.25, 0.3) is 0 Å². The number of aryl methyl sites for hydroxylation is 1. The number of ketones is 2. The molecule has 0 radical (unpaired) electrons. The molecule has 1 aliphatic carbocycles. The van der Waals surface area contributed by atoms with E-state index in [1.807, 2.05) is 19.1 Å². The molecule has 168 valence electrons. The predicted molar refractivity (Wildman–Crippen MR) is 124 cm³/mol. The molecular formula is C27H18ClNO5. The summed E-state index contributed by atoms with van der Waals surface area (Å²) in [5.74, 6) is -4.71. The summed E-state index contributed by atoms with van der Waals surface area (Å²) in [6, 6.07) is 20.2. The number of Topliss-reactive ketones (excluding diaryl/α,β-unsaturated/α-hetero) is 2. The van der Waals surface area contributed by atoms with Crippen molar-refractivity contribution in [3.05, 3.63) is 100 Å². The van der Waals surface area contributed by atoms with Crippen molar-refractivity contribution in [3.63, 3.8) is 0 Å². The van der Waals surface area contributed by atoms with E-state index in [9.17, 15) is 19.2 Å². The number of hydrogen-bond donors (Lipinski definition) is 0. The largest absolute Gasteiger partial charge is 0.349 e. The molecule has 34 heavy (non-hydrogen) atoms. The van der Waals surface area contributed by atoms with E-state index in [4.69, 9.17) is 16.3 Å². The van der Waals surface area contributed by atoms with Gasteiger partial charge in [0.25, 0.3) is 0 Å². The minimum Gasteiger partial charge on any atom is -0.349 e. The molecule has 2 fully saturated rings.